The number of carbonyl (C=O) groups is 1. The summed E-state index contributed by atoms with van der Waals surface area (Å²) in [6.07, 6.45) is -0.300. The van der Waals surface area contributed by atoms with Crippen molar-refractivity contribution >= 4 is 18.6 Å². The van der Waals surface area contributed by atoms with E-state index in [2.05, 4.69) is 12.6 Å². The molecule has 0 saturated heterocycles. The average molecular weight is 226 g/mol. The molecule has 0 aliphatic carbocycles. The molecular weight excluding hydrogens is 212 g/mol. The van der Waals surface area contributed by atoms with Gasteiger partial charge in [0, 0.05) is 12.7 Å². The van der Waals surface area contributed by atoms with Gasteiger partial charge in [-0.1, -0.05) is 18.2 Å². The second kappa shape index (κ2) is 6.35. The van der Waals surface area contributed by atoms with Crippen molar-refractivity contribution in [1.82, 2.24) is 0 Å². The van der Waals surface area contributed by atoms with E-state index in [1.807, 2.05) is 30.3 Å². The lowest BCUT2D eigenvalue weighted by molar-refractivity contribution is -0.146. The van der Waals surface area contributed by atoms with E-state index < -0.39 is 0 Å². The van der Waals surface area contributed by atoms with E-state index in [4.69, 9.17) is 9.47 Å². The van der Waals surface area contributed by atoms with E-state index in [1.54, 1.807) is 0 Å². The highest BCUT2D eigenvalue weighted by atomic mass is 32.1. The first kappa shape index (κ1) is 11.9. The molecule has 0 heterocycles. The zero-order valence-corrected chi connectivity index (χ0v) is 9.44. The molecule has 0 aliphatic rings. The Morgan fingerprint density at radius 2 is 2.07 bits per heavy atom. The van der Waals surface area contributed by atoms with Gasteiger partial charge in [0.2, 0.25) is 0 Å². The first-order valence-corrected chi connectivity index (χ1v) is 5.31. The Kier molecular flexibility index (Phi) is 5.04. The Hall–Kier alpha value is -1.16. The van der Waals surface area contributed by atoms with Gasteiger partial charge in [-0.25, -0.2) is 0 Å². The fraction of sp³-hybridized carbons (Fsp3) is 0.364. The Morgan fingerprint density at radius 1 is 1.40 bits per heavy atom. The molecule has 0 radical (unpaired) electrons. The monoisotopic (exact) mass is 226 g/mol. The summed E-state index contributed by atoms with van der Waals surface area (Å²) in [5.74, 6) is 0.897. The molecule has 1 rings (SSSR count). The van der Waals surface area contributed by atoms with Crippen LogP contribution in [-0.2, 0) is 9.53 Å². The molecule has 1 aromatic carbocycles. The van der Waals surface area contributed by atoms with Gasteiger partial charge in [-0.2, -0.15) is 12.6 Å². The van der Waals surface area contributed by atoms with Crippen molar-refractivity contribution in [3.63, 3.8) is 0 Å². The van der Waals surface area contributed by atoms with Crippen molar-refractivity contribution < 1.29 is 14.3 Å². The highest BCUT2D eigenvalue weighted by Crippen LogP contribution is 2.09. The standard InChI is InChI=1S/C11H14O3S/c1-9(12)14-11(8-15)7-13-10-5-3-2-4-6-10/h2-6,11,15H,7-8H2,1H3. The Labute approximate surface area is 94.8 Å². The van der Waals surface area contributed by atoms with E-state index >= 15 is 0 Å². The molecule has 3 nitrogen and oxygen atoms in total. The molecule has 0 bridgehead atoms. The summed E-state index contributed by atoms with van der Waals surface area (Å²) in [6.45, 7) is 1.70. The van der Waals surface area contributed by atoms with Gasteiger partial charge in [-0.15, -0.1) is 0 Å². The lowest BCUT2D eigenvalue weighted by atomic mass is 10.3. The summed E-state index contributed by atoms with van der Waals surface area (Å²) in [4.78, 5) is 10.7. The van der Waals surface area contributed by atoms with Gasteiger partial charge in [-0.05, 0) is 12.1 Å². The maximum Gasteiger partial charge on any atom is 0.303 e. The van der Waals surface area contributed by atoms with E-state index in [-0.39, 0.29) is 12.1 Å². The van der Waals surface area contributed by atoms with Crippen molar-refractivity contribution in [2.24, 2.45) is 0 Å². The molecule has 1 unspecified atom stereocenters. The number of benzene rings is 1. The number of para-hydroxylation sites is 1. The molecule has 0 aromatic heterocycles. The van der Waals surface area contributed by atoms with Crippen LogP contribution in [0.25, 0.3) is 0 Å². The number of esters is 1. The molecule has 0 saturated carbocycles. The second-order valence-electron chi connectivity index (χ2n) is 3.04. The minimum atomic E-state index is -0.314. The van der Waals surface area contributed by atoms with Crippen molar-refractivity contribution in [1.29, 1.82) is 0 Å². The van der Waals surface area contributed by atoms with Gasteiger partial charge in [0.05, 0.1) is 0 Å². The van der Waals surface area contributed by atoms with Crippen molar-refractivity contribution in [3.05, 3.63) is 30.3 Å². The summed E-state index contributed by atoms with van der Waals surface area (Å²) >= 11 is 4.08. The van der Waals surface area contributed by atoms with E-state index in [0.29, 0.717) is 12.4 Å². The van der Waals surface area contributed by atoms with Gasteiger partial charge >= 0.3 is 5.97 Å². The van der Waals surface area contributed by atoms with E-state index in [9.17, 15) is 4.79 Å². The maximum atomic E-state index is 10.7. The molecule has 0 amide bonds. The smallest absolute Gasteiger partial charge is 0.303 e. The van der Waals surface area contributed by atoms with E-state index in [1.165, 1.54) is 6.92 Å². The number of hydrogen-bond donors (Lipinski definition) is 1. The third-order valence-electron chi connectivity index (χ3n) is 1.72. The third kappa shape index (κ3) is 4.74. The molecule has 4 heteroatoms. The van der Waals surface area contributed by atoms with Gasteiger partial charge in [0.15, 0.2) is 0 Å². The Balaban J connectivity index is 2.37. The molecule has 0 aliphatic heterocycles. The van der Waals surface area contributed by atoms with Crippen LogP contribution < -0.4 is 4.74 Å². The minimum Gasteiger partial charge on any atom is -0.490 e. The third-order valence-corrected chi connectivity index (χ3v) is 2.12. The predicted molar refractivity (Wildman–Crippen MR) is 61.3 cm³/mol. The van der Waals surface area contributed by atoms with E-state index in [0.717, 1.165) is 5.75 Å². The van der Waals surface area contributed by atoms with Crippen LogP contribution in [0.5, 0.6) is 5.75 Å². The predicted octanol–water partition coefficient (Wildman–Crippen LogP) is 1.93. The summed E-state index contributed by atoms with van der Waals surface area (Å²) in [5.41, 5.74) is 0. The van der Waals surface area contributed by atoms with Crippen LogP contribution in [0, 0.1) is 0 Å². The summed E-state index contributed by atoms with van der Waals surface area (Å²) < 4.78 is 10.4. The number of carbonyl (C=O) groups excluding carboxylic acids is 1. The fourth-order valence-electron chi connectivity index (χ4n) is 1.06. The zero-order valence-electron chi connectivity index (χ0n) is 8.55. The lowest BCUT2D eigenvalue weighted by Gasteiger charge is -2.15. The molecule has 0 N–H and O–H groups in total. The van der Waals surface area contributed by atoms with Crippen molar-refractivity contribution in [3.8, 4) is 5.75 Å². The zero-order chi connectivity index (χ0) is 11.1. The van der Waals surface area contributed by atoms with Crippen molar-refractivity contribution in [2.45, 2.75) is 13.0 Å². The molecular formula is C11H14O3S. The van der Waals surface area contributed by atoms with Gasteiger partial charge in [-0.3, -0.25) is 4.79 Å². The quantitative estimate of drug-likeness (QED) is 0.615. The van der Waals surface area contributed by atoms with Crippen LogP contribution in [0.3, 0.4) is 0 Å². The first-order valence-electron chi connectivity index (χ1n) is 4.68. The SMILES string of the molecule is CC(=O)OC(CS)COc1ccccc1. The van der Waals surface area contributed by atoms with Crippen LogP contribution in [0.1, 0.15) is 6.92 Å². The molecule has 0 spiro atoms. The maximum absolute atomic E-state index is 10.7. The van der Waals surface area contributed by atoms with Gasteiger partial charge in [0.1, 0.15) is 18.5 Å². The fourth-order valence-corrected chi connectivity index (χ4v) is 1.24. The van der Waals surface area contributed by atoms with Crippen LogP contribution >= 0.6 is 12.6 Å². The number of hydrogen-bond acceptors (Lipinski definition) is 4. The summed E-state index contributed by atoms with van der Waals surface area (Å²) in [5, 5.41) is 0. The minimum absolute atomic E-state index is 0.300. The summed E-state index contributed by atoms with van der Waals surface area (Å²) in [6, 6.07) is 9.38. The number of rotatable bonds is 5. The second-order valence-corrected chi connectivity index (χ2v) is 3.40. The van der Waals surface area contributed by atoms with Gasteiger partial charge in [0.25, 0.3) is 0 Å². The van der Waals surface area contributed by atoms with Crippen LogP contribution in [0.2, 0.25) is 0 Å². The molecule has 0 fully saturated rings. The molecule has 82 valence electrons. The number of thiol groups is 1. The first-order chi connectivity index (χ1) is 7.22. The summed E-state index contributed by atoms with van der Waals surface area (Å²) in [7, 11) is 0. The highest BCUT2D eigenvalue weighted by Gasteiger charge is 2.10. The Bertz CT molecular complexity index is 300. The molecule has 15 heavy (non-hydrogen) atoms. The number of ether oxygens (including phenoxy) is 2. The van der Waals surface area contributed by atoms with Crippen LogP contribution in [0.4, 0.5) is 0 Å². The topological polar surface area (TPSA) is 35.5 Å². The largest absolute Gasteiger partial charge is 0.490 e. The Morgan fingerprint density at radius 3 is 2.60 bits per heavy atom. The van der Waals surface area contributed by atoms with Crippen LogP contribution in [-0.4, -0.2) is 24.4 Å². The molecule has 1 atom stereocenters. The molecule has 1 aromatic rings. The van der Waals surface area contributed by atoms with Crippen LogP contribution in [0.15, 0.2) is 30.3 Å². The van der Waals surface area contributed by atoms with Gasteiger partial charge < -0.3 is 9.47 Å². The normalized spacial score (nSPS) is 11.9. The average Bonchev–Trinajstić information content (AvgIpc) is 2.25. The lowest BCUT2D eigenvalue weighted by Crippen LogP contribution is -2.25. The van der Waals surface area contributed by atoms with Crippen molar-refractivity contribution in [2.75, 3.05) is 12.4 Å². The highest BCUT2D eigenvalue weighted by molar-refractivity contribution is 7.80.